The molecule has 4 nitrogen and oxygen atoms in total. The number of aromatic nitrogens is 4. The molecule has 13 heavy (non-hydrogen) atoms. The second-order valence-electron chi connectivity index (χ2n) is 2.56. The summed E-state index contributed by atoms with van der Waals surface area (Å²) in [5.74, 6) is 2.02. The standard InChI is InChI=1S/C5H8N2.C4H6N2/c1-2-5-6-3-4-7-5;1-4-5-2-3-6-4/h3-4H,2H2,1H3,(H,6,7);2-3H,1H3,(H,5,6). The van der Waals surface area contributed by atoms with Crippen molar-refractivity contribution >= 4 is 0 Å². The SMILES string of the molecule is CCc1ncc[nH]1.Cc1ncc[nH]1. The van der Waals surface area contributed by atoms with Crippen LogP contribution in [0.1, 0.15) is 18.6 Å². The summed E-state index contributed by atoms with van der Waals surface area (Å²) in [6.45, 7) is 3.98. The highest BCUT2D eigenvalue weighted by molar-refractivity contribution is 4.84. The van der Waals surface area contributed by atoms with Crippen molar-refractivity contribution in [3.05, 3.63) is 36.4 Å². The number of nitrogens with zero attached hydrogens (tertiary/aromatic N) is 2. The van der Waals surface area contributed by atoms with E-state index in [1.165, 1.54) is 0 Å². The number of aromatic amines is 2. The van der Waals surface area contributed by atoms with E-state index in [0.29, 0.717) is 0 Å². The molecule has 2 rings (SSSR count). The van der Waals surface area contributed by atoms with Gasteiger partial charge in [-0.25, -0.2) is 9.97 Å². The monoisotopic (exact) mass is 178 g/mol. The summed E-state index contributed by atoms with van der Waals surface area (Å²) in [7, 11) is 0. The van der Waals surface area contributed by atoms with E-state index in [1.807, 2.05) is 13.1 Å². The first kappa shape index (κ1) is 9.51. The molecule has 2 heterocycles. The van der Waals surface area contributed by atoms with Crippen molar-refractivity contribution in [2.24, 2.45) is 0 Å². The van der Waals surface area contributed by atoms with E-state index in [1.54, 1.807) is 18.6 Å². The van der Waals surface area contributed by atoms with Crippen LogP contribution < -0.4 is 0 Å². The summed E-state index contributed by atoms with van der Waals surface area (Å²) in [4.78, 5) is 13.7. The second-order valence-corrected chi connectivity index (χ2v) is 2.56. The van der Waals surface area contributed by atoms with E-state index >= 15 is 0 Å². The molecule has 0 saturated carbocycles. The fourth-order valence-electron chi connectivity index (χ4n) is 0.836. The van der Waals surface area contributed by atoms with Crippen LogP contribution in [0.3, 0.4) is 0 Å². The maximum absolute atomic E-state index is 3.98. The molecule has 0 saturated heterocycles. The summed E-state index contributed by atoms with van der Waals surface area (Å²) >= 11 is 0. The summed E-state index contributed by atoms with van der Waals surface area (Å²) in [6, 6.07) is 0. The van der Waals surface area contributed by atoms with E-state index in [2.05, 4.69) is 26.9 Å². The van der Waals surface area contributed by atoms with Crippen molar-refractivity contribution in [2.45, 2.75) is 20.3 Å². The number of hydrogen-bond donors (Lipinski definition) is 2. The maximum Gasteiger partial charge on any atom is 0.105 e. The summed E-state index contributed by atoms with van der Waals surface area (Å²) in [6.07, 6.45) is 8.12. The van der Waals surface area contributed by atoms with Gasteiger partial charge in [-0.3, -0.25) is 0 Å². The number of H-pyrrole nitrogens is 2. The molecule has 0 bridgehead atoms. The molecule has 4 heteroatoms. The van der Waals surface area contributed by atoms with Gasteiger partial charge in [-0.2, -0.15) is 0 Å². The van der Waals surface area contributed by atoms with Crippen molar-refractivity contribution < 1.29 is 0 Å². The predicted octanol–water partition coefficient (Wildman–Crippen LogP) is 1.69. The fourth-order valence-corrected chi connectivity index (χ4v) is 0.836. The normalized spacial score (nSPS) is 9.08. The van der Waals surface area contributed by atoms with Crippen molar-refractivity contribution in [1.82, 2.24) is 19.9 Å². The zero-order valence-electron chi connectivity index (χ0n) is 7.91. The Morgan fingerprint density at radius 3 is 2.08 bits per heavy atom. The van der Waals surface area contributed by atoms with Crippen molar-refractivity contribution in [1.29, 1.82) is 0 Å². The topological polar surface area (TPSA) is 57.4 Å². The number of nitrogens with one attached hydrogen (secondary N) is 2. The highest BCUT2D eigenvalue weighted by Crippen LogP contribution is 1.85. The molecule has 0 aliphatic heterocycles. The highest BCUT2D eigenvalue weighted by Gasteiger charge is 1.82. The lowest BCUT2D eigenvalue weighted by atomic mass is 10.5. The van der Waals surface area contributed by atoms with E-state index in [4.69, 9.17) is 0 Å². The Balaban J connectivity index is 0.000000132. The third-order valence-corrected chi connectivity index (χ3v) is 1.52. The van der Waals surface area contributed by atoms with Crippen molar-refractivity contribution in [2.75, 3.05) is 0 Å². The van der Waals surface area contributed by atoms with Gasteiger partial charge in [0.05, 0.1) is 0 Å². The molecule has 0 aromatic carbocycles. The van der Waals surface area contributed by atoms with Gasteiger partial charge < -0.3 is 9.97 Å². The third kappa shape index (κ3) is 3.55. The predicted molar refractivity (Wildman–Crippen MR) is 51.3 cm³/mol. The van der Waals surface area contributed by atoms with Gasteiger partial charge in [0.2, 0.25) is 0 Å². The van der Waals surface area contributed by atoms with Crippen LogP contribution in [0.25, 0.3) is 0 Å². The van der Waals surface area contributed by atoms with Crippen LogP contribution in [0.2, 0.25) is 0 Å². The lowest BCUT2D eigenvalue weighted by Gasteiger charge is -1.79. The van der Waals surface area contributed by atoms with Gasteiger partial charge in [0, 0.05) is 31.2 Å². The van der Waals surface area contributed by atoms with Crippen LogP contribution in [0.4, 0.5) is 0 Å². The van der Waals surface area contributed by atoms with Crippen LogP contribution in [0, 0.1) is 6.92 Å². The Bertz CT molecular complexity index is 296. The summed E-state index contributed by atoms with van der Waals surface area (Å²) in [5, 5.41) is 0. The van der Waals surface area contributed by atoms with Crippen LogP contribution in [-0.4, -0.2) is 19.9 Å². The van der Waals surface area contributed by atoms with Gasteiger partial charge in [-0.1, -0.05) is 6.92 Å². The van der Waals surface area contributed by atoms with Crippen LogP contribution in [-0.2, 0) is 6.42 Å². The highest BCUT2D eigenvalue weighted by atomic mass is 14.9. The van der Waals surface area contributed by atoms with Gasteiger partial charge in [-0.15, -0.1) is 0 Å². The van der Waals surface area contributed by atoms with Crippen LogP contribution in [0.15, 0.2) is 24.8 Å². The lowest BCUT2D eigenvalue weighted by Crippen LogP contribution is -1.78. The second kappa shape index (κ2) is 5.13. The van der Waals surface area contributed by atoms with Crippen LogP contribution >= 0.6 is 0 Å². The third-order valence-electron chi connectivity index (χ3n) is 1.52. The maximum atomic E-state index is 3.98. The first-order chi connectivity index (χ1) is 6.33. The number of aryl methyl sites for hydroxylation is 2. The van der Waals surface area contributed by atoms with E-state index in [0.717, 1.165) is 18.1 Å². The number of imidazole rings is 2. The van der Waals surface area contributed by atoms with E-state index < -0.39 is 0 Å². The molecule has 2 N–H and O–H groups in total. The Morgan fingerprint density at radius 1 is 1.15 bits per heavy atom. The van der Waals surface area contributed by atoms with Gasteiger partial charge in [0.1, 0.15) is 11.6 Å². The van der Waals surface area contributed by atoms with Gasteiger partial charge in [-0.05, 0) is 6.92 Å². The van der Waals surface area contributed by atoms with Crippen molar-refractivity contribution in [3.8, 4) is 0 Å². The summed E-state index contributed by atoms with van der Waals surface area (Å²) < 4.78 is 0. The zero-order valence-corrected chi connectivity index (χ0v) is 7.91. The first-order valence-corrected chi connectivity index (χ1v) is 4.27. The molecule has 0 atom stereocenters. The molecule has 70 valence electrons. The molecule has 2 aromatic heterocycles. The number of rotatable bonds is 1. The quantitative estimate of drug-likeness (QED) is 0.698. The Labute approximate surface area is 77.4 Å². The Kier molecular flexibility index (Phi) is 3.75. The molecule has 0 aliphatic rings. The van der Waals surface area contributed by atoms with Gasteiger partial charge in [0.25, 0.3) is 0 Å². The average Bonchev–Trinajstić information content (AvgIpc) is 2.76. The first-order valence-electron chi connectivity index (χ1n) is 4.27. The van der Waals surface area contributed by atoms with Crippen LogP contribution in [0.5, 0.6) is 0 Å². The molecule has 0 radical (unpaired) electrons. The minimum absolute atomic E-state index is 0.968. The van der Waals surface area contributed by atoms with E-state index in [-0.39, 0.29) is 0 Å². The van der Waals surface area contributed by atoms with Crippen molar-refractivity contribution in [3.63, 3.8) is 0 Å². The summed E-state index contributed by atoms with van der Waals surface area (Å²) in [5.41, 5.74) is 0. The smallest absolute Gasteiger partial charge is 0.105 e. The molecule has 0 unspecified atom stereocenters. The molecule has 0 aliphatic carbocycles. The minimum atomic E-state index is 0.968. The van der Waals surface area contributed by atoms with Gasteiger partial charge >= 0.3 is 0 Å². The molecule has 2 aromatic rings. The fraction of sp³-hybridized carbons (Fsp3) is 0.333. The Morgan fingerprint density at radius 2 is 1.85 bits per heavy atom. The lowest BCUT2D eigenvalue weighted by molar-refractivity contribution is 0.990. The number of hydrogen-bond acceptors (Lipinski definition) is 2. The largest absolute Gasteiger partial charge is 0.349 e. The Hall–Kier alpha value is -1.58. The molecule has 0 spiro atoms. The molecular weight excluding hydrogens is 164 g/mol. The minimum Gasteiger partial charge on any atom is -0.349 e. The van der Waals surface area contributed by atoms with Gasteiger partial charge in [0.15, 0.2) is 0 Å². The zero-order chi connectivity index (χ0) is 9.52. The molecule has 0 fully saturated rings. The van der Waals surface area contributed by atoms with E-state index in [9.17, 15) is 0 Å². The molecule has 0 amide bonds. The molecular formula is C9H14N4. The average molecular weight is 178 g/mol.